The number of pyridine rings is 1. The van der Waals surface area contributed by atoms with Gasteiger partial charge in [-0.1, -0.05) is 37.3 Å². The van der Waals surface area contributed by atoms with E-state index < -0.39 is 0 Å². The Hall–Kier alpha value is -2.69. The lowest BCUT2D eigenvalue weighted by Crippen LogP contribution is -2.48. The molecule has 1 amide bonds. The van der Waals surface area contributed by atoms with Crippen LogP contribution in [-0.2, 0) is 11.2 Å². The van der Waals surface area contributed by atoms with Crippen molar-refractivity contribution in [2.75, 3.05) is 5.01 Å². The summed E-state index contributed by atoms with van der Waals surface area (Å²) in [6.45, 7) is 1.84. The van der Waals surface area contributed by atoms with Crippen molar-refractivity contribution in [1.82, 2.24) is 10.4 Å². The lowest BCUT2D eigenvalue weighted by atomic mass is 10.1. The lowest BCUT2D eigenvalue weighted by Gasteiger charge is -2.28. The summed E-state index contributed by atoms with van der Waals surface area (Å²) in [5.41, 5.74) is 5.08. The van der Waals surface area contributed by atoms with Crippen LogP contribution in [0.2, 0.25) is 0 Å². The highest BCUT2D eigenvalue weighted by molar-refractivity contribution is 6.02. The summed E-state index contributed by atoms with van der Waals surface area (Å²) in [6, 6.07) is 13.9. The molecule has 0 saturated carbocycles. The quantitative estimate of drug-likeness (QED) is 0.943. The number of hydrazine groups is 1. The van der Waals surface area contributed by atoms with Crippen LogP contribution in [0.4, 0.5) is 11.5 Å². The Morgan fingerprint density at radius 2 is 1.95 bits per heavy atom. The van der Waals surface area contributed by atoms with Gasteiger partial charge in [0.1, 0.15) is 11.5 Å². The molecule has 0 bridgehead atoms. The van der Waals surface area contributed by atoms with Crippen molar-refractivity contribution in [1.29, 1.82) is 0 Å². The fourth-order valence-electron chi connectivity index (χ4n) is 2.36. The standard InChI is InChI=1S/C17H18N4O/c1-2-16(22)21-17-14(9-6-12-18-17)19-15(20-21)11-10-13-7-4-3-5-8-13/h3-9,12H,2,10-11H2,1H3,(H,19,20). The Bertz CT molecular complexity index is 697. The van der Waals surface area contributed by atoms with Gasteiger partial charge in [-0.05, 0) is 24.1 Å². The number of hydrogen-bond acceptors (Lipinski definition) is 4. The first-order valence-corrected chi connectivity index (χ1v) is 7.44. The molecule has 0 saturated heterocycles. The van der Waals surface area contributed by atoms with E-state index in [4.69, 9.17) is 0 Å². The molecular formula is C17H18N4O. The summed E-state index contributed by atoms with van der Waals surface area (Å²) in [4.78, 5) is 21.0. The molecule has 0 unspecified atom stereocenters. The summed E-state index contributed by atoms with van der Waals surface area (Å²) in [6.07, 6.45) is 3.69. The number of amidine groups is 1. The van der Waals surface area contributed by atoms with Gasteiger partial charge < -0.3 is 0 Å². The van der Waals surface area contributed by atoms with Crippen LogP contribution in [0.25, 0.3) is 0 Å². The molecule has 0 fully saturated rings. The minimum Gasteiger partial charge on any atom is -0.277 e. The van der Waals surface area contributed by atoms with Gasteiger partial charge in [-0.3, -0.25) is 10.2 Å². The Labute approximate surface area is 129 Å². The number of carbonyl (C=O) groups excluding carboxylic acids is 1. The van der Waals surface area contributed by atoms with Gasteiger partial charge in [-0.2, -0.15) is 0 Å². The zero-order chi connectivity index (χ0) is 15.4. The average Bonchev–Trinajstić information content (AvgIpc) is 2.59. The second kappa shape index (κ2) is 6.39. The first-order valence-electron chi connectivity index (χ1n) is 7.44. The molecule has 3 rings (SSSR count). The number of nitrogens with zero attached hydrogens (tertiary/aromatic N) is 3. The zero-order valence-electron chi connectivity index (χ0n) is 12.5. The maximum atomic E-state index is 12.1. The summed E-state index contributed by atoms with van der Waals surface area (Å²) in [5, 5.41) is 1.50. The number of hydrogen-bond donors (Lipinski definition) is 1. The van der Waals surface area contributed by atoms with Gasteiger partial charge in [0.05, 0.1) is 0 Å². The normalized spacial score (nSPS) is 13.1. The first-order chi connectivity index (χ1) is 10.8. The number of aliphatic imine (C=N–C) groups is 1. The van der Waals surface area contributed by atoms with Crippen molar-refractivity contribution < 1.29 is 4.79 Å². The molecule has 112 valence electrons. The van der Waals surface area contributed by atoms with E-state index in [1.54, 1.807) is 6.20 Å². The Balaban J connectivity index is 1.81. The highest BCUT2D eigenvalue weighted by Crippen LogP contribution is 2.28. The molecule has 5 nitrogen and oxygen atoms in total. The summed E-state index contributed by atoms with van der Waals surface area (Å²) >= 11 is 0. The van der Waals surface area contributed by atoms with Gasteiger partial charge in [0.2, 0.25) is 5.91 Å². The predicted molar refractivity (Wildman–Crippen MR) is 87.0 cm³/mol. The topological polar surface area (TPSA) is 57.6 Å². The van der Waals surface area contributed by atoms with Gasteiger partial charge in [0, 0.05) is 19.0 Å². The van der Waals surface area contributed by atoms with Gasteiger partial charge >= 0.3 is 0 Å². The number of fused-ring (bicyclic) bond motifs is 1. The summed E-state index contributed by atoms with van der Waals surface area (Å²) < 4.78 is 0. The number of benzene rings is 1. The Morgan fingerprint density at radius 3 is 2.73 bits per heavy atom. The summed E-state index contributed by atoms with van der Waals surface area (Å²) in [5.74, 6) is 1.33. The van der Waals surface area contributed by atoms with E-state index in [2.05, 4.69) is 27.5 Å². The van der Waals surface area contributed by atoms with Gasteiger partial charge in [0.15, 0.2) is 5.82 Å². The number of nitrogens with one attached hydrogen (secondary N) is 1. The monoisotopic (exact) mass is 294 g/mol. The SMILES string of the molecule is CCC(=O)N1NC(CCc2ccccc2)=Nc2cccnc21. The number of carbonyl (C=O) groups is 1. The number of aryl methyl sites for hydroxylation is 1. The van der Waals surface area contributed by atoms with Gasteiger partial charge in [-0.15, -0.1) is 0 Å². The van der Waals surface area contributed by atoms with E-state index in [-0.39, 0.29) is 5.91 Å². The van der Waals surface area contributed by atoms with Crippen LogP contribution in [0.15, 0.2) is 53.7 Å². The lowest BCUT2D eigenvalue weighted by molar-refractivity contribution is -0.118. The van der Waals surface area contributed by atoms with E-state index >= 15 is 0 Å². The van der Waals surface area contributed by atoms with Crippen LogP contribution >= 0.6 is 0 Å². The molecule has 0 aliphatic carbocycles. The minimum absolute atomic E-state index is 0.0212. The summed E-state index contributed by atoms with van der Waals surface area (Å²) in [7, 11) is 0. The molecule has 1 aromatic heterocycles. The maximum Gasteiger partial charge on any atom is 0.246 e. The van der Waals surface area contributed by atoms with Crippen molar-refractivity contribution in [3.8, 4) is 0 Å². The average molecular weight is 294 g/mol. The zero-order valence-corrected chi connectivity index (χ0v) is 12.5. The maximum absolute atomic E-state index is 12.1. The smallest absolute Gasteiger partial charge is 0.246 e. The van der Waals surface area contributed by atoms with Crippen LogP contribution in [0, 0.1) is 0 Å². The molecule has 0 radical (unpaired) electrons. The predicted octanol–water partition coefficient (Wildman–Crippen LogP) is 3.01. The molecule has 5 heteroatoms. The molecule has 1 aliphatic heterocycles. The Kier molecular flexibility index (Phi) is 4.14. The van der Waals surface area contributed by atoms with E-state index in [0.717, 1.165) is 24.4 Å². The Morgan fingerprint density at radius 1 is 1.14 bits per heavy atom. The van der Waals surface area contributed by atoms with Crippen LogP contribution < -0.4 is 10.4 Å². The molecule has 2 heterocycles. The largest absolute Gasteiger partial charge is 0.277 e. The number of aromatic nitrogens is 1. The molecular weight excluding hydrogens is 276 g/mol. The van der Waals surface area contributed by atoms with E-state index in [1.165, 1.54) is 10.6 Å². The third kappa shape index (κ3) is 2.98. The molecule has 1 aliphatic rings. The molecule has 1 aromatic carbocycles. The van der Waals surface area contributed by atoms with Crippen LogP contribution in [0.5, 0.6) is 0 Å². The van der Waals surface area contributed by atoms with Crippen molar-refractivity contribution >= 4 is 23.2 Å². The van der Waals surface area contributed by atoms with Crippen molar-refractivity contribution in [3.63, 3.8) is 0 Å². The molecule has 0 spiro atoms. The van der Waals surface area contributed by atoms with E-state index in [0.29, 0.717) is 12.2 Å². The van der Waals surface area contributed by atoms with Gasteiger partial charge in [-0.25, -0.2) is 15.0 Å². The number of rotatable bonds is 4. The second-order valence-electron chi connectivity index (χ2n) is 5.08. The minimum atomic E-state index is -0.0212. The fourth-order valence-corrected chi connectivity index (χ4v) is 2.36. The van der Waals surface area contributed by atoms with Crippen molar-refractivity contribution in [2.24, 2.45) is 4.99 Å². The van der Waals surface area contributed by atoms with Crippen LogP contribution in [0.3, 0.4) is 0 Å². The van der Waals surface area contributed by atoms with E-state index in [1.807, 2.05) is 37.3 Å². The number of amides is 1. The highest BCUT2D eigenvalue weighted by atomic mass is 16.2. The molecule has 22 heavy (non-hydrogen) atoms. The highest BCUT2D eigenvalue weighted by Gasteiger charge is 2.24. The third-order valence-corrected chi connectivity index (χ3v) is 3.52. The molecule has 1 N–H and O–H groups in total. The van der Waals surface area contributed by atoms with E-state index in [9.17, 15) is 4.79 Å². The number of anilines is 1. The van der Waals surface area contributed by atoms with Crippen LogP contribution in [0.1, 0.15) is 25.3 Å². The van der Waals surface area contributed by atoms with Crippen LogP contribution in [-0.4, -0.2) is 16.7 Å². The molecule has 0 atom stereocenters. The second-order valence-corrected chi connectivity index (χ2v) is 5.08. The fraction of sp³-hybridized carbons (Fsp3) is 0.235. The first kappa shape index (κ1) is 14.3. The van der Waals surface area contributed by atoms with Crippen molar-refractivity contribution in [3.05, 3.63) is 54.2 Å². The molecule has 2 aromatic rings. The van der Waals surface area contributed by atoms with Gasteiger partial charge in [0.25, 0.3) is 0 Å². The van der Waals surface area contributed by atoms with Crippen molar-refractivity contribution in [2.45, 2.75) is 26.2 Å². The third-order valence-electron chi connectivity index (χ3n) is 3.52.